The van der Waals surface area contributed by atoms with Crippen molar-refractivity contribution in [1.29, 1.82) is 0 Å². The van der Waals surface area contributed by atoms with Crippen LogP contribution in [-0.4, -0.2) is 19.6 Å². The summed E-state index contributed by atoms with van der Waals surface area (Å²) in [7, 11) is 1.48. The molecule has 0 radical (unpaired) electrons. The van der Waals surface area contributed by atoms with Gasteiger partial charge in [-0.1, -0.05) is 0 Å². The van der Waals surface area contributed by atoms with E-state index in [-0.39, 0.29) is 16.8 Å². The molecule has 0 aromatic rings. The molecule has 2 bridgehead atoms. The molecule has 0 atom stereocenters. The van der Waals surface area contributed by atoms with Gasteiger partial charge in [-0.3, -0.25) is 4.79 Å². The number of hydrogen-bond donors (Lipinski definition) is 1. The summed E-state index contributed by atoms with van der Waals surface area (Å²) >= 11 is 0. The normalized spacial score (nSPS) is 42.3. The van der Waals surface area contributed by atoms with Crippen LogP contribution in [0.1, 0.15) is 32.1 Å². The van der Waals surface area contributed by atoms with E-state index in [1.807, 2.05) is 0 Å². The SMILES string of the molecule is COC(=O)C12CCC(CN)(CC1)C2. The molecular formula is C10H17NO2. The van der Waals surface area contributed by atoms with Crippen LogP contribution in [-0.2, 0) is 9.53 Å². The number of ether oxygens (including phenoxy) is 1. The Hall–Kier alpha value is -0.570. The van der Waals surface area contributed by atoms with Crippen LogP contribution >= 0.6 is 0 Å². The molecule has 0 unspecified atom stereocenters. The second-order valence-corrected chi connectivity index (χ2v) is 4.65. The fourth-order valence-electron chi connectivity index (χ4n) is 3.10. The Morgan fingerprint density at radius 1 is 1.38 bits per heavy atom. The van der Waals surface area contributed by atoms with Crippen LogP contribution in [0, 0.1) is 10.8 Å². The molecule has 0 amide bonds. The lowest BCUT2D eigenvalue weighted by molar-refractivity contribution is -0.152. The van der Waals surface area contributed by atoms with E-state index in [2.05, 4.69) is 0 Å². The average Bonchev–Trinajstić information content (AvgIpc) is 2.74. The lowest BCUT2D eigenvalue weighted by Gasteiger charge is -2.24. The van der Waals surface area contributed by atoms with Crippen molar-refractivity contribution in [3.05, 3.63) is 0 Å². The maximum atomic E-state index is 11.6. The first-order chi connectivity index (χ1) is 6.16. The lowest BCUT2D eigenvalue weighted by atomic mass is 9.82. The van der Waals surface area contributed by atoms with Gasteiger partial charge in [0.05, 0.1) is 12.5 Å². The molecule has 2 aliphatic rings. The second-order valence-electron chi connectivity index (χ2n) is 4.65. The first-order valence-electron chi connectivity index (χ1n) is 4.95. The van der Waals surface area contributed by atoms with Gasteiger partial charge in [0, 0.05) is 0 Å². The van der Waals surface area contributed by atoms with Gasteiger partial charge in [0.15, 0.2) is 0 Å². The van der Waals surface area contributed by atoms with Crippen molar-refractivity contribution >= 4 is 5.97 Å². The third-order valence-electron chi connectivity index (χ3n) is 4.03. The molecule has 2 saturated carbocycles. The van der Waals surface area contributed by atoms with E-state index in [0.717, 1.165) is 38.6 Å². The first kappa shape index (κ1) is 9.00. The van der Waals surface area contributed by atoms with Crippen LogP contribution in [0.25, 0.3) is 0 Å². The van der Waals surface area contributed by atoms with Gasteiger partial charge in [-0.05, 0) is 44.1 Å². The van der Waals surface area contributed by atoms with Crippen LogP contribution < -0.4 is 5.73 Å². The average molecular weight is 183 g/mol. The van der Waals surface area contributed by atoms with Crippen molar-refractivity contribution in [2.24, 2.45) is 16.6 Å². The van der Waals surface area contributed by atoms with Gasteiger partial charge in [-0.2, -0.15) is 0 Å². The highest BCUT2D eigenvalue weighted by atomic mass is 16.5. The van der Waals surface area contributed by atoms with Crippen LogP contribution in [0.4, 0.5) is 0 Å². The van der Waals surface area contributed by atoms with Gasteiger partial charge < -0.3 is 10.5 Å². The Morgan fingerprint density at radius 2 is 2.00 bits per heavy atom. The van der Waals surface area contributed by atoms with E-state index >= 15 is 0 Å². The largest absolute Gasteiger partial charge is 0.469 e. The number of methoxy groups -OCH3 is 1. The Balaban J connectivity index is 2.18. The number of carbonyl (C=O) groups is 1. The molecule has 0 spiro atoms. The van der Waals surface area contributed by atoms with Crippen molar-refractivity contribution in [2.75, 3.05) is 13.7 Å². The number of hydrogen-bond acceptors (Lipinski definition) is 3. The maximum Gasteiger partial charge on any atom is 0.311 e. The van der Waals surface area contributed by atoms with E-state index in [9.17, 15) is 4.79 Å². The minimum Gasteiger partial charge on any atom is -0.469 e. The highest BCUT2D eigenvalue weighted by Crippen LogP contribution is 2.61. The van der Waals surface area contributed by atoms with E-state index in [4.69, 9.17) is 10.5 Å². The van der Waals surface area contributed by atoms with E-state index in [0.29, 0.717) is 0 Å². The number of nitrogens with two attached hydrogens (primary N) is 1. The molecule has 2 rings (SSSR count). The van der Waals surface area contributed by atoms with Crippen molar-refractivity contribution in [1.82, 2.24) is 0 Å². The summed E-state index contributed by atoms with van der Waals surface area (Å²) in [5, 5.41) is 0. The highest BCUT2D eigenvalue weighted by molar-refractivity contribution is 5.78. The fourth-order valence-corrected chi connectivity index (χ4v) is 3.10. The zero-order valence-electron chi connectivity index (χ0n) is 8.14. The summed E-state index contributed by atoms with van der Waals surface area (Å²) in [6, 6.07) is 0. The summed E-state index contributed by atoms with van der Waals surface area (Å²) in [6.07, 6.45) is 5.15. The number of esters is 1. The Labute approximate surface area is 78.6 Å². The maximum absolute atomic E-state index is 11.6. The van der Waals surface area contributed by atoms with Gasteiger partial charge in [0.25, 0.3) is 0 Å². The van der Waals surface area contributed by atoms with Crippen molar-refractivity contribution < 1.29 is 9.53 Å². The molecule has 0 aliphatic heterocycles. The standard InChI is InChI=1S/C10H17NO2/c1-13-8(12)10-4-2-9(6-10,7-11)3-5-10/h2-7,11H2,1H3. The first-order valence-corrected chi connectivity index (χ1v) is 4.95. The molecule has 2 aliphatic carbocycles. The molecular weight excluding hydrogens is 166 g/mol. The smallest absolute Gasteiger partial charge is 0.311 e. The fraction of sp³-hybridized carbons (Fsp3) is 0.900. The number of rotatable bonds is 2. The number of carbonyl (C=O) groups excluding carboxylic acids is 1. The second kappa shape index (κ2) is 2.71. The molecule has 0 aromatic heterocycles. The lowest BCUT2D eigenvalue weighted by Crippen LogP contribution is -2.27. The zero-order valence-corrected chi connectivity index (χ0v) is 8.14. The summed E-state index contributed by atoms with van der Waals surface area (Å²) in [6.45, 7) is 0.728. The molecule has 3 nitrogen and oxygen atoms in total. The highest BCUT2D eigenvalue weighted by Gasteiger charge is 2.57. The summed E-state index contributed by atoms with van der Waals surface area (Å²) in [5.74, 6) is -0.0136. The minimum absolute atomic E-state index is 0.0136. The van der Waals surface area contributed by atoms with Gasteiger partial charge in [0.2, 0.25) is 0 Å². The molecule has 0 heterocycles. The van der Waals surface area contributed by atoms with Crippen LogP contribution in [0.5, 0.6) is 0 Å². The quantitative estimate of drug-likeness (QED) is 0.651. The zero-order chi connectivity index (χ0) is 9.53. The molecule has 74 valence electrons. The predicted octanol–water partition coefficient (Wildman–Crippen LogP) is 1.07. The number of fused-ring (bicyclic) bond motifs is 2. The van der Waals surface area contributed by atoms with Gasteiger partial charge in [-0.25, -0.2) is 0 Å². The van der Waals surface area contributed by atoms with E-state index in [1.54, 1.807) is 0 Å². The van der Waals surface area contributed by atoms with Crippen molar-refractivity contribution in [3.63, 3.8) is 0 Å². The Kier molecular flexibility index (Phi) is 1.88. The predicted molar refractivity (Wildman–Crippen MR) is 49.0 cm³/mol. The molecule has 13 heavy (non-hydrogen) atoms. The molecule has 0 saturated heterocycles. The van der Waals surface area contributed by atoms with Crippen LogP contribution in [0.15, 0.2) is 0 Å². The summed E-state index contributed by atoms with van der Waals surface area (Å²) in [4.78, 5) is 11.6. The topological polar surface area (TPSA) is 52.3 Å². The Bertz CT molecular complexity index is 229. The third-order valence-corrected chi connectivity index (χ3v) is 4.03. The van der Waals surface area contributed by atoms with Crippen LogP contribution in [0.3, 0.4) is 0 Å². The monoisotopic (exact) mass is 183 g/mol. The molecule has 3 heteroatoms. The molecule has 0 aromatic carbocycles. The van der Waals surface area contributed by atoms with Crippen molar-refractivity contribution in [3.8, 4) is 0 Å². The van der Waals surface area contributed by atoms with E-state index < -0.39 is 0 Å². The van der Waals surface area contributed by atoms with Crippen LogP contribution in [0.2, 0.25) is 0 Å². The minimum atomic E-state index is -0.159. The third kappa shape index (κ3) is 1.10. The van der Waals surface area contributed by atoms with Crippen molar-refractivity contribution in [2.45, 2.75) is 32.1 Å². The summed E-state index contributed by atoms with van der Waals surface area (Å²) < 4.78 is 4.86. The van der Waals surface area contributed by atoms with Gasteiger partial charge >= 0.3 is 5.97 Å². The molecule has 2 fully saturated rings. The molecule has 2 N–H and O–H groups in total. The van der Waals surface area contributed by atoms with E-state index in [1.165, 1.54) is 7.11 Å². The van der Waals surface area contributed by atoms with Gasteiger partial charge in [0.1, 0.15) is 0 Å². The van der Waals surface area contributed by atoms with Gasteiger partial charge in [-0.15, -0.1) is 0 Å². The summed E-state index contributed by atoms with van der Waals surface area (Å²) in [5.41, 5.74) is 5.87. The Morgan fingerprint density at radius 3 is 2.38 bits per heavy atom.